The fraction of sp³-hybridized carbons (Fsp3) is 0.824. The van der Waals surface area contributed by atoms with Gasteiger partial charge in [0, 0.05) is 0 Å². The first-order chi connectivity index (χ1) is 34.3. The second-order valence-corrected chi connectivity index (χ2v) is 26.5. The molecule has 2 saturated heterocycles. The molecule has 2 aliphatic rings. The average molecular weight is 1400 g/mol. The summed E-state index contributed by atoms with van der Waals surface area (Å²) >= 11 is -9.27. The molecule has 3 amide bonds. The zero-order valence-corrected chi connectivity index (χ0v) is 50.2. The maximum atomic E-state index is 13.7. The van der Waals surface area contributed by atoms with Gasteiger partial charge in [-0.2, -0.15) is 0 Å². The molecule has 0 radical (unpaired) electrons. The van der Waals surface area contributed by atoms with E-state index in [0.717, 1.165) is 70.6 Å². The molecule has 406 valence electrons. The third-order valence-electron chi connectivity index (χ3n) is 12.3. The zero-order chi connectivity index (χ0) is 51.9. The van der Waals surface area contributed by atoms with Gasteiger partial charge in [-0.25, -0.2) is 0 Å². The summed E-state index contributed by atoms with van der Waals surface area (Å²) in [5.41, 5.74) is 0. The number of carbonyl (C=O) groups is 9. The van der Waals surface area contributed by atoms with Crippen molar-refractivity contribution >= 4 is 99.7 Å². The summed E-state index contributed by atoms with van der Waals surface area (Å²) < 4.78 is 32.2. The number of rotatable bonds is 39. The summed E-state index contributed by atoms with van der Waals surface area (Å²) in [4.78, 5) is 117. The van der Waals surface area contributed by atoms with Gasteiger partial charge in [0.1, 0.15) is 0 Å². The van der Waals surface area contributed by atoms with Gasteiger partial charge in [-0.1, -0.05) is 78.6 Å². The maximum absolute atomic E-state index is 13.7. The van der Waals surface area contributed by atoms with Crippen LogP contribution in [0.1, 0.15) is 252 Å². The summed E-state index contributed by atoms with van der Waals surface area (Å²) in [5.74, 6) is -6.68. The molecule has 2 rings (SSSR count). The molecule has 0 bridgehead atoms. The number of amides is 3. The Balaban J connectivity index is 1.99. The van der Waals surface area contributed by atoms with E-state index in [9.17, 15) is 43.2 Å². The molecular formula is C51H87Bi2N3O15. The van der Waals surface area contributed by atoms with E-state index in [4.69, 9.17) is 16.9 Å². The van der Waals surface area contributed by atoms with Crippen LogP contribution in [0.25, 0.3) is 0 Å². The van der Waals surface area contributed by atoms with Crippen molar-refractivity contribution in [2.45, 2.75) is 270 Å². The van der Waals surface area contributed by atoms with E-state index in [0.29, 0.717) is 19.3 Å². The van der Waals surface area contributed by atoms with Crippen LogP contribution in [0.5, 0.6) is 0 Å². The first-order valence-electron chi connectivity index (χ1n) is 27.1. The van der Waals surface area contributed by atoms with E-state index in [1.54, 1.807) is 0 Å². The Hall–Kier alpha value is -3.00. The van der Waals surface area contributed by atoms with Crippen molar-refractivity contribution in [1.29, 1.82) is 0 Å². The number of hydrogen-bond acceptors (Lipinski definition) is 15. The van der Waals surface area contributed by atoms with E-state index in [1.807, 2.05) is 0 Å². The molecule has 0 spiro atoms. The minimum atomic E-state index is -4.70. The van der Waals surface area contributed by atoms with Crippen LogP contribution in [0.3, 0.4) is 0 Å². The molecule has 0 aromatic rings. The summed E-state index contributed by atoms with van der Waals surface area (Å²) in [6, 6.07) is -3.78. The zero-order valence-electron chi connectivity index (χ0n) is 43.2. The van der Waals surface area contributed by atoms with Crippen LogP contribution >= 0.6 is 0 Å². The molecule has 2 fully saturated rings. The monoisotopic (exact) mass is 1400 g/mol. The van der Waals surface area contributed by atoms with Gasteiger partial charge < -0.3 is 0 Å². The third kappa shape index (κ3) is 32.7. The number of nitrogens with one attached hydrogen (secondary N) is 3. The summed E-state index contributed by atoms with van der Waals surface area (Å²) in [5, 5.41) is 7.87. The molecule has 0 saturated carbocycles. The van der Waals surface area contributed by atoms with Crippen molar-refractivity contribution in [2.75, 3.05) is 0 Å². The second-order valence-electron chi connectivity index (χ2n) is 18.8. The fourth-order valence-corrected chi connectivity index (χ4v) is 15.1. The van der Waals surface area contributed by atoms with Gasteiger partial charge in [0.25, 0.3) is 0 Å². The SMILES string of the molecule is CCCCCCCCCCCC(=O)N[C@@H](CCC(=O)[O][Bi]1[O]C(=O)CC[C@@H](NC(=O)CCCCCCCCCCC)C(=O)[O]1)C(=O)[O][Bi]1[O]C(=O)CC[C@@H](NC(=O)CCCCCCCCCCC)C(=O)[O]1. The van der Waals surface area contributed by atoms with Crippen LogP contribution in [0.2, 0.25) is 0 Å². The van der Waals surface area contributed by atoms with Crippen LogP contribution in [0.4, 0.5) is 0 Å². The number of carbonyl (C=O) groups excluding carboxylic acids is 9. The van der Waals surface area contributed by atoms with Gasteiger partial charge in [-0.05, 0) is 0 Å². The van der Waals surface area contributed by atoms with Crippen LogP contribution in [-0.4, -0.2) is 118 Å². The third-order valence-corrected chi connectivity index (χ3v) is 20.3. The number of hydrogen-bond donors (Lipinski definition) is 3. The van der Waals surface area contributed by atoms with Crippen LogP contribution in [-0.2, 0) is 60.0 Å². The van der Waals surface area contributed by atoms with Crippen molar-refractivity contribution in [3.63, 3.8) is 0 Å². The molecule has 0 aliphatic carbocycles. The molecule has 0 unspecified atom stereocenters. The van der Waals surface area contributed by atoms with Gasteiger partial charge in [0.2, 0.25) is 0 Å². The number of unbranched alkanes of at least 4 members (excludes halogenated alkanes) is 24. The Morgan fingerprint density at radius 1 is 0.465 bits per heavy atom. The Kier molecular flexibility index (Phi) is 37.3. The molecule has 18 nitrogen and oxygen atoms in total. The summed E-state index contributed by atoms with van der Waals surface area (Å²) in [7, 11) is 0. The van der Waals surface area contributed by atoms with E-state index in [-0.39, 0.29) is 56.8 Å². The van der Waals surface area contributed by atoms with Gasteiger partial charge in [-0.3, -0.25) is 0 Å². The molecule has 2 aliphatic heterocycles. The van der Waals surface area contributed by atoms with E-state index in [1.165, 1.54) is 83.5 Å². The van der Waals surface area contributed by atoms with Crippen molar-refractivity contribution in [3.8, 4) is 0 Å². The molecule has 3 N–H and O–H groups in total. The molecule has 0 aromatic heterocycles. The minimum absolute atomic E-state index is 0.0552. The van der Waals surface area contributed by atoms with Gasteiger partial charge in [-0.15, -0.1) is 0 Å². The molecule has 71 heavy (non-hydrogen) atoms. The van der Waals surface area contributed by atoms with Crippen LogP contribution < -0.4 is 16.0 Å². The van der Waals surface area contributed by atoms with Crippen molar-refractivity contribution in [3.05, 3.63) is 0 Å². The summed E-state index contributed by atoms with van der Waals surface area (Å²) in [6.07, 6.45) is 27.5. The quantitative estimate of drug-likeness (QED) is 0.0385. The van der Waals surface area contributed by atoms with E-state index >= 15 is 0 Å². The van der Waals surface area contributed by atoms with Crippen molar-refractivity contribution in [1.82, 2.24) is 16.0 Å². The molecule has 3 atom stereocenters. The van der Waals surface area contributed by atoms with E-state index < -0.39 is 119 Å². The van der Waals surface area contributed by atoms with Gasteiger partial charge >= 0.3 is 367 Å². The van der Waals surface area contributed by atoms with E-state index in [2.05, 4.69) is 36.7 Å². The fourth-order valence-electron chi connectivity index (χ4n) is 8.03. The van der Waals surface area contributed by atoms with Crippen molar-refractivity contribution in [2.24, 2.45) is 0 Å². The van der Waals surface area contributed by atoms with Gasteiger partial charge in [0.15, 0.2) is 0 Å². The Morgan fingerprint density at radius 3 is 1.18 bits per heavy atom. The topological polar surface area (TPSA) is 245 Å². The molecule has 2 heterocycles. The molecular weight excluding hydrogens is 1310 g/mol. The van der Waals surface area contributed by atoms with Gasteiger partial charge in [0.05, 0.1) is 0 Å². The Labute approximate surface area is 442 Å². The molecule has 20 heteroatoms. The first kappa shape index (κ1) is 64.1. The molecule has 0 aromatic carbocycles. The first-order valence-corrected chi connectivity index (χ1v) is 35.6. The second kappa shape index (κ2) is 41.4. The predicted molar refractivity (Wildman–Crippen MR) is 267 cm³/mol. The Bertz CT molecular complexity index is 1600. The van der Waals surface area contributed by atoms with Crippen molar-refractivity contribution < 1.29 is 60.0 Å². The normalized spacial score (nSPS) is 17.2. The predicted octanol–water partition coefficient (Wildman–Crippen LogP) is 8.80. The summed E-state index contributed by atoms with van der Waals surface area (Å²) in [6.45, 7) is 6.52. The standard InChI is InChI=1S/3C17H31NO5.2Bi/c3*1-2-3-4-5-6-7-8-9-10-11-15(19)18-14(17(22)23)12-13-16(20)21;;/h3*14H,2-13H2,1H3,(H,18,19)(H,20,21)(H,22,23);;/q;;;2*+3/p-6/t3*14-;;/m110../s1. The Morgan fingerprint density at radius 2 is 0.803 bits per heavy atom. The van der Waals surface area contributed by atoms with Crippen LogP contribution in [0.15, 0.2) is 0 Å². The van der Waals surface area contributed by atoms with Crippen LogP contribution in [0, 0.1) is 0 Å². The average Bonchev–Trinajstić information content (AvgIpc) is 3.32.